The van der Waals surface area contributed by atoms with Crippen LogP contribution in [0.3, 0.4) is 0 Å². The molecule has 1 N–H and O–H groups in total. The predicted molar refractivity (Wildman–Crippen MR) is 91.0 cm³/mol. The van der Waals surface area contributed by atoms with E-state index in [9.17, 15) is 0 Å². The zero-order valence-electron chi connectivity index (χ0n) is 13.4. The minimum absolute atomic E-state index is 0.625. The third-order valence-electron chi connectivity index (χ3n) is 4.43. The van der Waals surface area contributed by atoms with Crippen molar-refractivity contribution in [3.63, 3.8) is 0 Å². The van der Waals surface area contributed by atoms with Crippen LogP contribution in [0.2, 0.25) is 0 Å². The molecule has 5 heteroatoms. The summed E-state index contributed by atoms with van der Waals surface area (Å²) >= 11 is 0. The van der Waals surface area contributed by atoms with Gasteiger partial charge in [0.15, 0.2) is 0 Å². The van der Waals surface area contributed by atoms with Gasteiger partial charge in [-0.15, -0.1) is 0 Å². The van der Waals surface area contributed by atoms with Crippen LogP contribution in [-0.2, 0) is 11.3 Å². The summed E-state index contributed by atoms with van der Waals surface area (Å²) in [5.41, 5.74) is 4.53. The van der Waals surface area contributed by atoms with Crippen molar-refractivity contribution in [3.8, 4) is 0 Å². The molecule has 0 atom stereocenters. The van der Waals surface area contributed by atoms with Crippen molar-refractivity contribution >= 4 is 22.4 Å². The number of hydrogen-bond acceptors (Lipinski definition) is 4. The Morgan fingerprint density at radius 1 is 1.22 bits per heavy atom. The molecule has 118 valence electrons. The molecule has 0 bridgehead atoms. The first-order chi connectivity index (χ1) is 11.2. The number of aryl methyl sites for hydroxylation is 2. The number of anilines is 2. The van der Waals surface area contributed by atoms with Crippen LogP contribution in [0.15, 0.2) is 36.9 Å². The standard InChI is InChI=1S/C18H20N4O/c1-12-7-19-8-13(2)17(12)21-18-15-4-6-22(9-14-10-23-11-14)16(15)3-5-20-18/h3-8,14H,9-11H2,1-2H3,(H,19,20,21). The smallest absolute Gasteiger partial charge is 0.139 e. The van der Waals surface area contributed by atoms with Crippen molar-refractivity contribution in [2.75, 3.05) is 18.5 Å². The van der Waals surface area contributed by atoms with E-state index in [2.05, 4.69) is 52.0 Å². The summed E-state index contributed by atoms with van der Waals surface area (Å²) in [5, 5.41) is 4.63. The molecule has 1 fully saturated rings. The minimum Gasteiger partial charge on any atom is -0.381 e. The summed E-state index contributed by atoms with van der Waals surface area (Å²) in [4.78, 5) is 8.77. The lowest BCUT2D eigenvalue weighted by atomic mass is 10.1. The Bertz CT molecular complexity index is 831. The highest BCUT2D eigenvalue weighted by Crippen LogP contribution is 2.29. The maximum Gasteiger partial charge on any atom is 0.139 e. The van der Waals surface area contributed by atoms with E-state index in [1.165, 1.54) is 5.52 Å². The molecule has 0 unspecified atom stereocenters. The normalized spacial score (nSPS) is 14.9. The van der Waals surface area contributed by atoms with Gasteiger partial charge in [0.1, 0.15) is 5.82 Å². The van der Waals surface area contributed by atoms with Crippen molar-refractivity contribution < 1.29 is 4.74 Å². The lowest BCUT2D eigenvalue weighted by Crippen LogP contribution is -2.31. The van der Waals surface area contributed by atoms with E-state index in [4.69, 9.17) is 4.74 Å². The average Bonchev–Trinajstić information content (AvgIpc) is 2.91. The molecule has 0 saturated carbocycles. The summed E-state index contributed by atoms with van der Waals surface area (Å²) in [7, 11) is 0. The molecule has 3 aromatic rings. The van der Waals surface area contributed by atoms with E-state index in [1.807, 2.05) is 18.6 Å². The Balaban J connectivity index is 1.70. The summed E-state index contributed by atoms with van der Waals surface area (Å²) in [6, 6.07) is 4.21. The fourth-order valence-electron chi connectivity index (χ4n) is 3.07. The molecule has 1 aliphatic rings. The summed E-state index contributed by atoms with van der Waals surface area (Å²) in [6.07, 6.45) is 7.75. The fraction of sp³-hybridized carbons (Fsp3) is 0.333. The Labute approximate surface area is 135 Å². The lowest BCUT2D eigenvalue weighted by Gasteiger charge is -2.26. The van der Waals surface area contributed by atoms with Crippen LogP contribution in [0.25, 0.3) is 10.9 Å². The Morgan fingerprint density at radius 2 is 2.00 bits per heavy atom. The van der Waals surface area contributed by atoms with E-state index >= 15 is 0 Å². The Hall–Kier alpha value is -2.40. The first-order valence-electron chi connectivity index (χ1n) is 7.92. The second kappa shape index (κ2) is 5.66. The third kappa shape index (κ3) is 2.57. The number of aromatic nitrogens is 3. The molecular weight excluding hydrogens is 288 g/mol. The highest BCUT2D eigenvalue weighted by Gasteiger charge is 2.19. The van der Waals surface area contributed by atoms with Gasteiger partial charge in [-0.05, 0) is 37.1 Å². The number of nitrogens with zero attached hydrogens (tertiary/aromatic N) is 3. The van der Waals surface area contributed by atoms with Crippen LogP contribution >= 0.6 is 0 Å². The average molecular weight is 308 g/mol. The van der Waals surface area contributed by atoms with E-state index in [1.54, 1.807) is 0 Å². The molecule has 4 rings (SSSR count). The van der Waals surface area contributed by atoms with Crippen molar-refractivity contribution in [2.45, 2.75) is 20.4 Å². The molecule has 0 spiro atoms. The van der Waals surface area contributed by atoms with Crippen LogP contribution in [0.5, 0.6) is 0 Å². The molecular formula is C18H20N4O. The van der Waals surface area contributed by atoms with Gasteiger partial charge >= 0.3 is 0 Å². The highest BCUT2D eigenvalue weighted by molar-refractivity contribution is 5.92. The second-order valence-corrected chi connectivity index (χ2v) is 6.24. The highest BCUT2D eigenvalue weighted by atomic mass is 16.5. The van der Waals surface area contributed by atoms with Gasteiger partial charge in [-0.25, -0.2) is 4.98 Å². The Kier molecular flexibility index (Phi) is 3.50. The van der Waals surface area contributed by atoms with Gasteiger partial charge < -0.3 is 14.6 Å². The molecule has 0 amide bonds. The zero-order chi connectivity index (χ0) is 15.8. The van der Waals surface area contributed by atoms with Crippen molar-refractivity contribution in [3.05, 3.63) is 48.0 Å². The molecule has 1 saturated heterocycles. The van der Waals surface area contributed by atoms with Gasteiger partial charge in [-0.3, -0.25) is 4.98 Å². The van der Waals surface area contributed by atoms with Crippen LogP contribution in [0, 0.1) is 19.8 Å². The molecule has 5 nitrogen and oxygen atoms in total. The number of hydrogen-bond donors (Lipinski definition) is 1. The molecule has 1 aliphatic heterocycles. The van der Waals surface area contributed by atoms with Gasteiger partial charge in [-0.1, -0.05) is 0 Å². The topological polar surface area (TPSA) is 52.0 Å². The van der Waals surface area contributed by atoms with Crippen molar-refractivity contribution in [2.24, 2.45) is 5.92 Å². The summed E-state index contributed by atoms with van der Waals surface area (Å²) in [6.45, 7) is 6.85. The largest absolute Gasteiger partial charge is 0.381 e. The monoisotopic (exact) mass is 308 g/mol. The Morgan fingerprint density at radius 3 is 2.70 bits per heavy atom. The van der Waals surface area contributed by atoms with Crippen LogP contribution in [0.4, 0.5) is 11.5 Å². The number of rotatable bonds is 4. The van der Waals surface area contributed by atoms with Crippen molar-refractivity contribution in [1.29, 1.82) is 0 Å². The van der Waals surface area contributed by atoms with Gasteiger partial charge in [0, 0.05) is 48.3 Å². The number of ether oxygens (including phenoxy) is 1. The fourth-order valence-corrected chi connectivity index (χ4v) is 3.07. The molecule has 23 heavy (non-hydrogen) atoms. The number of fused-ring (bicyclic) bond motifs is 1. The first kappa shape index (κ1) is 14.2. The van der Waals surface area contributed by atoms with Crippen LogP contribution in [-0.4, -0.2) is 27.7 Å². The minimum atomic E-state index is 0.625. The van der Waals surface area contributed by atoms with Gasteiger partial charge in [0.25, 0.3) is 0 Å². The second-order valence-electron chi connectivity index (χ2n) is 6.24. The molecule has 0 aromatic carbocycles. The van der Waals surface area contributed by atoms with E-state index in [0.717, 1.165) is 47.8 Å². The van der Waals surface area contributed by atoms with Gasteiger partial charge in [0.05, 0.1) is 18.7 Å². The van der Waals surface area contributed by atoms with E-state index < -0.39 is 0 Å². The van der Waals surface area contributed by atoms with Gasteiger partial charge in [-0.2, -0.15) is 0 Å². The van der Waals surface area contributed by atoms with E-state index in [-0.39, 0.29) is 0 Å². The molecule has 0 radical (unpaired) electrons. The maximum atomic E-state index is 5.28. The maximum absolute atomic E-state index is 5.28. The van der Waals surface area contributed by atoms with Crippen LogP contribution in [0.1, 0.15) is 11.1 Å². The summed E-state index contributed by atoms with van der Waals surface area (Å²) in [5.74, 6) is 1.52. The third-order valence-corrected chi connectivity index (χ3v) is 4.43. The van der Waals surface area contributed by atoms with Crippen LogP contribution < -0.4 is 5.32 Å². The van der Waals surface area contributed by atoms with E-state index in [0.29, 0.717) is 5.92 Å². The number of pyridine rings is 2. The number of nitrogens with one attached hydrogen (secondary N) is 1. The predicted octanol–water partition coefficient (Wildman–Crippen LogP) is 3.44. The lowest BCUT2D eigenvalue weighted by molar-refractivity contribution is -0.0388. The van der Waals surface area contributed by atoms with Gasteiger partial charge in [0.2, 0.25) is 0 Å². The molecule has 3 aromatic heterocycles. The molecule has 0 aliphatic carbocycles. The quantitative estimate of drug-likeness (QED) is 0.802. The zero-order valence-corrected chi connectivity index (χ0v) is 13.4. The first-order valence-corrected chi connectivity index (χ1v) is 7.92. The summed E-state index contributed by atoms with van der Waals surface area (Å²) < 4.78 is 7.57. The van der Waals surface area contributed by atoms with Crippen molar-refractivity contribution in [1.82, 2.24) is 14.5 Å². The SMILES string of the molecule is Cc1cncc(C)c1Nc1nccc2c1ccn2CC1COC1. The molecule has 4 heterocycles.